The Kier molecular flexibility index (Phi) is 4.72. The van der Waals surface area contributed by atoms with Gasteiger partial charge in [0.15, 0.2) is 0 Å². The molecular weight excluding hydrogens is 301 g/mol. The van der Waals surface area contributed by atoms with E-state index in [-0.39, 0.29) is 16.2 Å². The van der Waals surface area contributed by atoms with Gasteiger partial charge in [0, 0.05) is 11.9 Å². The first-order chi connectivity index (χ1) is 9.31. The average molecular weight is 320 g/mol. The van der Waals surface area contributed by atoms with Gasteiger partial charge in [-0.25, -0.2) is 17.5 Å². The molecule has 0 amide bonds. The molecule has 1 fully saturated rings. The van der Waals surface area contributed by atoms with Crippen molar-refractivity contribution in [2.45, 2.75) is 43.4 Å². The smallest absolute Gasteiger partial charge is 0.211 e. The van der Waals surface area contributed by atoms with Gasteiger partial charge in [0.05, 0.1) is 4.90 Å². The Morgan fingerprint density at radius 3 is 2.40 bits per heavy atom. The Morgan fingerprint density at radius 1 is 1.30 bits per heavy atom. The minimum atomic E-state index is -3.62. The molecule has 1 aromatic carbocycles. The second kappa shape index (κ2) is 6.00. The number of aryl methyl sites for hydroxylation is 2. The van der Waals surface area contributed by atoms with Crippen LogP contribution in [0.4, 0.5) is 4.39 Å². The Hall–Kier alpha value is -0.650. The van der Waals surface area contributed by atoms with Crippen molar-refractivity contribution >= 4 is 21.6 Å². The monoisotopic (exact) mass is 319 g/mol. The van der Waals surface area contributed by atoms with Gasteiger partial charge in [0.1, 0.15) is 5.82 Å². The van der Waals surface area contributed by atoms with Gasteiger partial charge < -0.3 is 0 Å². The quantitative estimate of drug-likeness (QED) is 0.867. The molecule has 0 radical (unpaired) electrons. The highest BCUT2D eigenvalue weighted by molar-refractivity contribution is 7.89. The summed E-state index contributed by atoms with van der Waals surface area (Å²) in [4.78, 5) is 0.169. The lowest BCUT2D eigenvalue weighted by Crippen LogP contribution is -2.32. The van der Waals surface area contributed by atoms with Crippen molar-refractivity contribution in [2.75, 3.05) is 6.54 Å². The summed E-state index contributed by atoms with van der Waals surface area (Å²) in [6.07, 6.45) is 2.91. The SMILES string of the molecule is Cc1cc(F)cc(C)c1S(=O)(=O)NCC1CCCC1Cl. The van der Waals surface area contributed by atoms with E-state index in [1.54, 1.807) is 13.8 Å². The van der Waals surface area contributed by atoms with Crippen LogP contribution >= 0.6 is 11.6 Å². The zero-order valence-corrected chi connectivity index (χ0v) is 13.2. The number of sulfonamides is 1. The van der Waals surface area contributed by atoms with Crippen LogP contribution in [-0.2, 0) is 10.0 Å². The molecule has 2 atom stereocenters. The summed E-state index contributed by atoms with van der Waals surface area (Å²) in [7, 11) is -3.62. The van der Waals surface area contributed by atoms with Gasteiger partial charge >= 0.3 is 0 Å². The molecule has 0 aromatic heterocycles. The molecule has 1 aliphatic rings. The van der Waals surface area contributed by atoms with Crippen molar-refractivity contribution in [3.8, 4) is 0 Å². The van der Waals surface area contributed by atoms with Crippen LogP contribution in [-0.4, -0.2) is 20.3 Å². The van der Waals surface area contributed by atoms with E-state index in [0.717, 1.165) is 19.3 Å². The fourth-order valence-electron chi connectivity index (χ4n) is 2.83. The molecule has 2 unspecified atom stereocenters. The van der Waals surface area contributed by atoms with Crippen molar-refractivity contribution < 1.29 is 12.8 Å². The van der Waals surface area contributed by atoms with Crippen molar-refractivity contribution in [3.05, 3.63) is 29.1 Å². The number of nitrogens with one attached hydrogen (secondary N) is 1. The van der Waals surface area contributed by atoms with Gasteiger partial charge in [0.25, 0.3) is 0 Å². The molecule has 0 bridgehead atoms. The van der Waals surface area contributed by atoms with E-state index in [2.05, 4.69) is 4.72 Å². The molecule has 0 spiro atoms. The molecule has 0 saturated heterocycles. The summed E-state index contributed by atoms with van der Waals surface area (Å²) in [5.74, 6) is -0.247. The predicted octanol–water partition coefficient (Wildman–Crippen LogP) is 3.13. The van der Waals surface area contributed by atoms with E-state index in [1.807, 2.05) is 0 Å². The molecule has 1 N–H and O–H groups in total. The van der Waals surface area contributed by atoms with Gasteiger partial charge in [-0.05, 0) is 55.9 Å². The maximum Gasteiger partial charge on any atom is 0.241 e. The van der Waals surface area contributed by atoms with Gasteiger partial charge in [-0.1, -0.05) is 6.42 Å². The number of alkyl halides is 1. The third-order valence-electron chi connectivity index (χ3n) is 3.80. The van der Waals surface area contributed by atoms with E-state index in [0.29, 0.717) is 17.7 Å². The first-order valence-electron chi connectivity index (χ1n) is 6.72. The van der Waals surface area contributed by atoms with E-state index in [4.69, 9.17) is 11.6 Å². The highest BCUT2D eigenvalue weighted by Gasteiger charge is 2.28. The normalized spacial score (nSPS) is 23.2. The molecule has 3 nitrogen and oxygen atoms in total. The summed E-state index contributed by atoms with van der Waals surface area (Å²) in [6.45, 7) is 3.54. The molecule has 6 heteroatoms. The zero-order chi connectivity index (χ0) is 14.9. The molecule has 20 heavy (non-hydrogen) atoms. The van der Waals surface area contributed by atoms with Crippen LogP contribution in [0, 0.1) is 25.6 Å². The number of halogens is 2. The lowest BCUT2D eigenvalue weighted by molar-refractivity contribution is 0.523. The molecular formula is C14H19ClFNO2S. The minimum Gasteiger partial charge on any atom is -0.211 e. The third kappa shape index (κ3) is 3.32. The minimum absolute atomic E-state index is 0.0353. The van der Waals surface area contributed by atoms with Crippen LogP contribution in [0.2, 0.25) is 0 Å². The Bertz CT molecular complexity index is 580. The maximum atomic E-state index is 13.2. The van der Waals surface area contributed by atoms with Gasteiger partial charge in [-0.15, -0.1) is 11.6 Å². The third-order valence-corrected chi connectivity index (χ3v) is 6.10. The first-order valence-corrected chi connectivity index (χ1v) is 8.63. The largest absolute Gasteiger partial charge is 0.241 e. The van der Waals surface area contributed by atoms with Crippen LogP contribution in [0.5, 0.6) is 0 Å². The first kappa shape index (κ1) is 15.7. The molecule has 1 aliphatic carbocycles. The van der Waals surface area contributed by atoms with Crippen LogP contribution in [0.15, 0.2) is 17.0 Å². The summed E-state index contributed by atoms with van der Waals surface area (Å²) in [6, 6.07) is 2.48. The number of hydrogen-bond acceptors (Lipinski definition) is 2. The number of benzene rings is 1. The van der Waals surface area contributed by atoms with E-state index < -0.39 is 15.8 Å². The van der Waals surface area contributed by atoms with Crippen molar-refractivity contribution in [3.63, 3.8) is 0 Å². The van der Waals surface area contributed by atoms with Gasteiger partial charge in [-0.2, -0.15) is 0 Å². The fourth-order valence-corrected chi connectivity index (χ4v) is 4.74. The van der Waals surface area contributed by atoms with Gasteiger partial charge in [0.2, 0.25) is 10.0 Å². The maximum absolute atomic E-state index is 13.2. The second-order valence-corrected chi connectivity index (χ2v) is 7.69. The summed E-state index contributed by atoms with van der Waals surface area (Å²) in [5.41, 5.74) is 0.840. The van der Waals surface area contributed by atoms with Crippen molar-refractivity contribution in [1.29, 1.82) is 0 Å². The van der Waals surface area contributed by atoms with Gasteiger partial charge in [-0.3, -0.25) is 0 Å². The lowest BCUT2D eigenvalue weighted by atomic mass is 10.1. The van der Waals surface area contributed by atoms with Crippen LogP contribution in [0.3, 0.4) is 0 Å². The molecule has 112 valence electrons. The standard InChI is InChI=1S/C14H19ClFNO2S/c1-9-6-12(16)7-10(2)14(9)20(18,19)17-8-11-4-3-5-13(11)15/h6-7,11,13,17H,3-5,8H2,1-2H3. The highest BCUT2D eigenvalue weighted by Crippen LogP contribution is 2.30. The van der Waals surface area contributed by atoms with Crippen LogP contribution in [0.25, 0.3) is 0 Å². The number of rotatable bonds is 4. The van der Waals surface area contributed by atoms with Crippen LogP contribution in [0.1, 0.15) is 30.4 Å². The topological polar surface area (TPSA) is 46.2 Å². The molecule has 0 heterocycles. The number of hydrogen-bond donors (Lipinski definition) is 1. The van der Waals surface area contributed by atoms with E-state index in [9.17, 15) is 12.8 Å². The average Bonchev–Trinajstić information content (AvgIpc) is 2.70. The Balaban J connectivity index is 2.18. The van der Waals surface area contributed by atoms with Crippen molar-refractivity contribution in [1.82, 2.24) is 4.72 Å². The molecule has 1 aromatic rings. The second-order valence-electron chi connectivity index (χ2n) is 5.43. The van der Waals surface area contributed by atoms with Crippen LogP contribution < -0.4 is 4.72 Å². The lowest BCUT2D eigenvalue weighted by Gasteiger charge is -2.16. The Morgan fingerprint density at radius 2 is 1.90 bits per heavy atom. The predicted molar refractivity (Wildman–Crippen MR) is 78.0 cm³/mol. The molecule has 0 aliphatic heterocycles. The zero-order valence-electron chi connectivity index (χ0n) is 11.6. The summed E-state index contributed by atoms with van der Waals surface area (Å²) in [5, 5.41) is 0.0353. The Labute approximate surface area is 124 Å². The van der Waals surface area contributed by atoms with E-state index in [1.165, 1.54) is 12.1 Å². The van der Waals surface area contributed by atoms with Crippen molar-refractivity contribution in [2.24, 2.45) is 5.92 Å². The van der Waals surface area contributed by atoms with E-state index >= 15 is 0 Å². The summed E-state index contributed by atoms with van der Waals surface area (Å²) < 4.78 is 40.6. The highest BCUT2D eigenvalue weighted by atomic mass is 35.5. The fraction of sp³-hybridized carbons (Fsp3) is 0.571. The molecule has 1 saturated carbocycles. The molecule has 2 rings (SSSR count). The summed E-state index contributed by atoms with van der Waals surface area (Å²) >= 11 is 6.15.